The first-order valence-electron chi connectivity index (χ1n) is 3.87. The molecular weight excluding hydrogens is 314 g/mol. The summed E-state index contributed by atoms with van der Waals surface area (Å²) in [6, 6.07) is 0. The van der Waals surface area contributed by atoms with Crippen LogP contribution in [-0.4, -0.2) is 22.0 Å². The lowest BCUT2D eigenvalue weighted by atomic mass is 10.5. The van der Waals surface area contributed by atoms with E-state index in [1.165, 1.54) is 0 Å². The second-order valence-corrected chi connectivity index (χ2v) is 4.27. The average Bonchev–Trinajstić information content (AvgIpc) is 2.38. The number of imidazole rings is 1. The van der Waals surface area contributed by atoms with Crippen molar-refractivity contribution in [2.75, 3.05) is 12.5 Å². The maximum atomic E-state index is 5.86. The van der Waals surface area contributed by atoms with Crippen molar-refractivity contribution in [3.8, 4) is 0 Å². The maximum absolute atomic E-state index is 5.86. The van der Waals surface area contributed by atoms with E-state index in [2.05, 4.69) is 20.9 Å². The maximum Gasteiger partial charge on any atom is 0.181 e. The molecule has 1 heterocycles. The van der Waals surface area contributed by atoms with Gasteiger partial charge in [-0.25, -0.2) is 4.98 Å². The summed E-state index contributed by atoms with van der Waals surface area (Å²) >= 11 is 20.3. The predicted octanol–water partition coefficient (Wildman–Crippen LogP) is 3.56. The number of hydrogen-bond acceptors (Lipinski definition) is 2. The molecule has 0 bridgehead atoms. The molecule has 80 valence electrons. The normalized spacial score (nSPS) is 10.9. The van der Waals surface area contributed by atoms with Crippen LogP contribution in [0.25, 0.3) is 0 Å². The number of hydrogen-bond donors (Lipinski definition) is 0. The zero-order valence-electron chi connectivity index (χ0n) is 7.14. The number of halogens is 4. The van der Waals surface area contributed by atoms with Gasteiger partial charge in [0.25, 0.3) is 0 Å². The van der Waals surface area contributed by atoms with Gasteiger partial charge in [0.1, 0.15) is 6.73 Å². The summed E-state index contributed by atoms with van der Waals surface area (Å²) < 4.78 is 7.48. The second-order valence-electron chi connectivity index (χ2n) is 2.47. The quantitative estimate of drug-likeness (QED) is 0.612. The molecular formula is C7H8BrCl3N2O. The Bertz CT molecular complexity index is 305. The summed E-state index contributed by atoms with van der Waals surface area (Å²) in [4.78, 5) is 3.92. The largest absolute Gasteiger partial charge is 0.361 e. The van der Waals surface area contributed by atoms with Crippen molar-refractivity contribution >= 4 is 50.7 Å². The van der Waals surface area contributed by atoms with Crippen molar-refractivity contribution in [1.82, 2.24) is 9.55 Å². The molecule has 0 N–H and O–H groups in total. The molecule has 1 aromatic rings. The van der Waals surface area contributed by atoms with Gasteiger partial charge < -0.3 is 4.74 Å². The van der Waals surface area contributed by atoms with E-state index in [0.717, 1.165) is 6.42 Å². The van der Waals surface area contributed by atoms with E-state index in [0.29, 0.717) is 29.1 Å². The Morgan fingerprint density at radius 1 is 1.43 bits per heavy atom. The standard InChI is InChI=1S/C7H8BrCl3N2O/c8-7-12-5(10)6(11)13(7)4-14-3-1-2-9/h1-4H2. The van der Waals surface area contributed by atoms with Gasteiger partial charge in [-0.05, 0) is 22.4 Å². The lowest BCUT2D eigenvalue weighted by Gasteiger charge is -2.05. The summed E-state index contributed by atoms with van der Waals surface area (Å²) in [6.07, 6.45) is 0.805. The van der Waals surface area contributed by atoms with Gasteiger partial charge >= 0.3 is 0 Å². The predicted molar refractivity (Wildman–Crippen MR) is 61.2 cm³/mol. The molecule has 14 heavy (non-hydrogen) atoms. The summed E-state index contributed by atoms with van der Waals surface area (Å²) in [7, 11) is 0. The SMILES string of the molecule is ClCCCOCn1c(Br)nc(Cl)c1Cl. The molecule has 0 aromatic carbocycles. The second kappa shape index (κ2) is 6.18. The van der Waals surface area contributed by atoms with E-state index >= 15 is 0 Å². The van der Waals surface area contributed by atoms with Crippen molar-refractivity contribution in [2.45, 2.75) is 13.2 Å². The van der Waals surface area contributed by atoms with E-state index in [4.69, 9.17) is 39.5 Å². The molecule has 1 aromatic heterocycles. The smallest absolute Gasteiger partial charge is 0.181 e. The topological polar surface area (TPSA) is 27.1 Å². The van der Waals surface area contributed by atoms with Crippen LogP contribution in [0.1, 0.15) is 6.42 Å². The van der Waals surface area contributed by atoms with Gasteiger partial charge in [0.2, 0.25) is 0 Å². The van der Waals surface area contributed by atoms with E-state index in [1.54, 1.807) is 4.57 Å². The van der Waals surface area contributed by atoms with Crippen LogP contribution in [0.2, 0.25) is 10.3 Å². The first-order chi connectivity index (χ1) is 6.66. The number of nitrogens with zero attached hydrogens (tertiary/aromatic N) is 2. The summed E-state index contributed by atoms with van der Waals surface area (Å²) in [5.41, 5.74) is 0. The van der Waals surface area contributed by atoms with Crippen molar-refractivity contribution < 1.29 is 4.74 Å². The van der Waals surface area contributed by atoms with Gasteiger partial charge in [0.05, 0.1) is 6.61 Å². The van der Waals surface area contributed by atoms with Gasteiger partial charge in [-0.2, -0.15) is 0 Å². The third-order valence-electron chi connectivity index (χ3n) is 1.46. The molecule has 3 nitrogen and oxygen atoms in total. The monoisotopic (exact) mass is 320 g/mol. The van der Waals surface area contributed by atoms with E-state index in [1.807, 2.05) is 0 Å². The summed E-state index contributed by atoms with van der Waals surface area (Å²) in [5.74, 6) is 0.583. The zero-order chi connectivity index (χ0) is 10.6. The molecule has 0 radical (unpaired) electrons. The van der Waals surface area contributed by atoms with Crippen LogP contribution in [0.15, 0.2) is 4.73 Å². The molecule has 0 saturated heterocycles. The minimum atomic E-state index is 0.263. The fourth-order valence-electron chi connectivity index (χ4n) is 0.802. The van der Waals surface area contributed by atoms with Crippen LogP contribution in [0.3, 0.4) is 0 Å². The molecule has 0 amide bonds. The van der Waals surface area contributed by atoms with E-state index in [-0.39, 0.29) is 5.15 Å². The van der Waals surface area contributed by atoms with Gasteiger partial charge in [-0.3, -0.25) is 4.57 Å². The van der Waals surface area contributed by atoms with Gasteiger partial charge in [0, 0.05) is 5.88 Å². The van der Waals surface area contributed by atoms with E-state index < -0.39 is 0 Å². The van der Waals surface area contributed by atoms with Gasteiger partial charge in [-0.1, -0.05) is 23.2 Å². The zero-order valence-corrected chi connectivity index (χ0v) is 11.0. The average molecular weight is 322 g/mol. The highest BCUT2D eigenvalue weighted by molar-refractivity contribution is 9.10. The molecule has 0 aliphatic rings. The highest BCUT2D eigenvalue weighted by Crippen LogP contribution is 2.25. The van der Waals surface area contributed by atoms with Crippen LogP contribution in [0.5, 0.6) is 0 Å². The molecule has 7 heteroatoms. The van der Waals surface area contributed by atoms with Crippen LogP contribution in [0.4, 0.5) is 0 Å². The number of rotatable bonds is 5. The Morgan fingerprint density at radius 3 is 2.64 bits per heavy atom. The molecule has 0 spiro atoms. The minimum absolute atomic E-state index is 0.263. The fourth-order valence-corrected chi connectivity index (χ4v) is 1.93. The Kier molecular flexibility index (Phi) is 5.56. The number of aromatic nitrogens is 2. The lowest BCUT2D eigenvalue weighted by Crippen LogP contribution is -2.04. The molecule has 0 atom stereocenters. The third-order valence-corrected chi connectivity index (χ3v) is 3.08. The van der Waals surface area contributed by atoms with Crippen LogP contribution < -0.4 is 0 Å². The van der Waals surface area contributed by atoms with Crippen molar-refractivity contribution in [3.63, 3.8) is 0 Å². The molecule has 0 aliphatic heterocycles. The minimum Gasteiger partial charge on any atom is -0.361 e. The number of alkyl halides is 1. The third kappa shape index (κ3) is 3.28. The lowest BCUT2D eigenvalue weighted by molar-refractivity contribution is 0.0766. The molecule has 0 saturated carbocycles. The molecule has 1 rings (SSSR count). The molecule has 0 unspecified atom stereocenters. The highest BCUT2D eigenvalue weighted by Gasteiger charge is 2.11. The van der Waals surface area contributed by atoms with Gasteiger partial charge in [-0.15, -0.1) is 11.6 Å². The Balaban J connectivity index is 2.49. The van der Waals surface area contributed by atoms with Crippen LogP contribution >= 0.6 is 50.7 Å². The molecule has 0 fully saturated rings. The van der Waals surface area contributed by atoms with Crippen molar-refractivity contribution in [2.24, 2.45) is 0 Å². The summed E-state index contributed by atoms with van der Waals surface area (Å²) in [6.45, 7) is 0.901. The highest BCUT2D eigenvalue weighted by atomic mass is 79.9. The fraction of sp³-hybridized carbons (Fsp3) is 0.571. The first kappa shape index (κ1) is 12.6. The summed E-state index contributed by atoms with van der Waals surface area (Å²) in [5, 5.41) is 0.629. The van der Waals surface area contributed by atoms with Crippen molar-refractivity contribution in [1.29, 1.82) is 0 Å². The molecule has 0 aliphatic carbocycles. The van der Waals surface area contributed by atoms with Crippen LogP contribution in [0, 0.1) is 0 Å². The Hall–Kier alpha value is 0.520. The number of ether oxygens (including phenoxy) is 1. The first-order valence-corrected chi connectivity index (χ1v) is 5.96. The van der Waals surface area contributed by atoms with Gasteiger partial charge in [0.15, 0.2) is 15.0 Å². The Morgan fingerprint density at radius 2 is 2.14 bits per heavy atom. The van der Waals surface area contributed by atoms with Crippen LogP contribution in [-0.2, 0) is 11.5 Å². The Labute approximate surface area is 105 Å². The van der Waals surface area contributed by atoms with E-state index in [9.17, 15) is 0 Å². The van der Waals surface area contributed by atoms with Crippen molar-refractivity contribution in [3.05, 3.63) is 15.0 Å².